The maximum absolute atomic E-state index is 12.2. The summed E-state index contributed by atoms with van der Waals surface area (Å²) in [5.41, 5.74) is 0.621. The van der Waals surface area contributed by atoms with E-state index in [9.17, 15) is 8.42 Å². The number of rotatable bonds is 7. The first-order valence-electron chi connectivity index (χ1n) is 6.84. The van der Waals surface area contributed by atoms with E-state index in [-0.39, 0.29) is 17.3 Å². The summed E-state index contributed by atoms with van der Waals surface area (Å²) < 4.78 is 32.2. The van der Waals surface area contributed by atoms with E-state index >= 15 is 0 Å². The van der Waals surface area contributed by atoms with Crippen LogP contribution in [-0.2, 0) is 16.6 Å². The molecular formula is C14H21NO4S. The normalized spacial score (nSPS) is 15.9. The lowest BCUT2D eigenvalue weighted by molar-refractivity contribution is 0.280. The van der Waals surface area contributed by atoms with Gasteiger partial charge in [0, 0.05) is 6.54 Å². The Labute approximate surface area is 120 Å². The van der Waals surface area contributed by atoms with Crippen LogP contribution in [0.2, 0.25) is 0 Å². The molecule has 1 aromatic rings. The van der Waals surface area contributed by atoms with Gasteiger partial charge in [0.05, 0.1) is 13.7 Å². The molecule has 2 rings (SSSR count). The third-order valence-corrected chi connectivity index (χ3v) is 5.27. The number of hydrogen-bond acceptors (Lipinski definition) is 4. The molecule has 0 saturated heterocycles. The van der Waals surface area contributed by atoms with E-state index in [2.05, 4.69) is 4.72 Å². The molecule has 1 saturated carbocycles. The van der Waals surface area contributed by atoms with Crippen LogP contribution in [0.5, 0.6) is 5.75 Å². The second-order valence-electron chi connectivity index (χ2n) is 5.13. The van der Waals surface area contributed by atoms with Crippen LogP contribution in [0.4, 0.5) is 0 Å². The molecule has 1 aliphatic rings. The average Bonchev–Trinajstić information content (AvgIpc) is 2.40. The van der Waals surface area contributed by atoms with Crippen LogP contribution in [0.15, 0.2) is 23.1 Å². The molecule has 0 bridgehead atoms. The molecule has 1 fully saturated rings. The third kappa shape index (κ3) is 3.50. The van der Waals surface area contributed by atoms with Gasteiger partial charge in [0.25, 0.3) is 0 Å². The zero-order valence-electron chi connectivity index (χ0n) is 11.6. The van der Waals surface area contributed by atoms with E-state index < -0.39 is 10.0 Å². The minimum Gasteiger partial charge on any atom is -0.495 e. The van der Waals surface area contributed by atoms with Gasteiger partial charge in [0.2, 0.25) is 10.0 Å². The second-order valence-corrected chi connectivity index (χ2v) is 6.86. The second kappa shape index (κ2) is 6.56. The third-order valence-electron chi connectivity index (χ3n) is 3.77. The van der Waals surface area contributed by atoms with E-state index in [0.717, 1.165) is 6.42 Å². The fourth-order valence-electron chi connectivity index (χ4n) is 2.29. The molecule has 0 aliphatic heterocycles. The van der Waals surface area contributed by atoms with Crippen molar-refractivity contribution in [2.24, 2.45) is 5.92 Å². The molecule has 0 radical (unpaired) electrons. The summed E-state index contributed by atoms with van der Waals surface area (Å²) >= 11 is 0. The summed E-state index contributed by atoms with van der Waals surface area (Å²) in [7, 11) is -2.14. The maximum atomic E-state index is 12.2. The number of sulfonamides is 1. The molecular weight excluding hydrogens is 278 g/mol. The molecule has 1 aromatic carbocycles. The summed E-state index contributed by atoms with van der Waals surface area (Å²) in [4.78, 5) is 0.116. The van der Waals surface area contributed by atoms with E-state index in [4.69, 9.17) is 9.84 Å². The Bertz CT molecular complexity index is 552. The minimum atomic E-state index is -3.56. The van der Waals surface area contributed by atoms with Crippen molar-refractivity contribution < 1.29 is 18.3 Å². The number of aliphatic hydroxyl groups is 1. The molecule has 0 heterocycles. The molecule has 2 N–H and O–H groups in total. The monoisotopic (exact) mass is 299 g/mol. The van der Waals surface area contributed by atoms with Crippen molar-refractivity contribution in [2.75, 3.05) is 13.7 Å². The van der Waals surface area contributed by atoms with Crippen molar-refractivity contribution in [1.29, 1.82) is 0 Å². The van der Waals surface area contributed by atoms with Crippen molar-refractivity contribution >= 4 is 10.0 Å². The summed E-state index contributed by atoms with van der Waals surface area (Å²) in [5.74, 6) is 0.920. The van der Waals surface area contributed by atoms with E-state index in [1.54, 1.807) is 12.1 Å². The molecule has 0 unspecified atom stereocenters. The van der Waals surface area contributed by atoms with Gasteiger partial charge < -0.3 is 9.84 Å². The van der Waals surface area contributed by atoms with Crippen LogP contribution in [0.1, 0.15) is 31.2 Å². The highest BCUT2D eigenvalue weighted by Gasteiger charge is 2.21. The van der Waals surface area contributed by atoms with Gasteiger partial charge in [-0.1, -0.05) is 25.3 Å². The zero-order chi connectivity index (χ0) is 14.6. The van der Waals surface area contributed by atoms with E-state index in [1.807, 2.05) is 0 Å². The Balaban J connectivity index is 2.07. The standard InChI is InChI=1S/C14H21NO4S/c1-19-13-9-12(10-16)5-6-14(13)20(17,18)15-8-7-11-3-2-4-11/h5-6,9,11,15-16H,2-4,7-8,10H2,1H3. The highest BCUT2D eigenvalue weighted by atomic mass is 32.2. The Morgan fingerprint density at radius 1 is 1.40 bits per heavy atom. The number of ether oxygens (including phenoxy) is 1. The highest BCUT2D eigenvalue weighted by molar-refractivity contribution is 7.89. The SMILES string of the molecule is COc1cc(CO)ccc1S(=O)(=O)NCCC1CCC1. The Morgan fingerprint density at radius 2 is 2.15 bits per heavy atom. The molecule has 20 heavy (non-hydrogen) atoms. The predicted octanol–water partition coefficient (Wildman–Crippen LogP) is 1.66. The average molecular weight is 299 g/mol. The first-order valence-corrected chi connectivity index (χ1v) is 8.32. The maximum Gasteiger partial charge on any atom is 0.244 e. The lowest BCUT2D eigenvalue weighted by Crippen LogP contribution is -2.28. The van der Waals surface area contributed by atoms with Crippen LogP contribution in [0, 0.1) is 5.92 Å². The van der Waals surface area contributed by atoms with Crippen molar-refractivity contribution in [3.63, 3.8) is 0 Å². The van der Waals surface area contributed by atoms with Crippen LogP contribution in [-0.4, -0.2) is 27.2 Å². The van der Waals surface area contributed by atoms with Crippen LogP contribution < -0.4 is 9.46 Å². The summed E-state index contributed by atoms with van der Waals surface area (Å²) in [5, 5.41) is 9.07. The molecule has 1 aliphatic carbocycles. The van der Waals surface area contributed by atoms with Gasteiger partial charge in [0.15, 0.2) is 0 Å². The Morgan fingerprint density at radius 3 is 2.70 bits per heavy atom. The summed E-state index contributed by atoms with van der Waals surface area (Å²) in [6.07, 6.45) is 4.55. The van der Waals surface area contributed by atoms with Gasteiger partial charge in [-0.15, -0.1) is 0 Å². The first kappa shape index (κ1) is 15.3. The van der Waals surface area contributed by atoms with Gasteiger partial charge in [-0.2, -0.15) is 0 Å². The smallest absolute Gasteiger partial charge is 0.244 e. The molecule has 0 spiro atoms. The minimum absolute atomic E-state index is 0.116. The Kier molecular flexibility index (Phi) is 5.01. The lowest BCUT2D eigenvalue weighted by atomic mass is 9.83. The molecule has 0 aromatic heterocycles. The van der Waals surface area contributed by atoms with Crippen molar-refractivity contribution in [2.45, 2.75) is 37.2 Å². The summed E-state index contributed by atoms with van der Waals surface area (Å²) in [6, 6.07) is 4.60. The van der Waals surface area contributed by atoms with Crippen molar-refractivity contribution in [3.8, 4) is 5.75 Å². The number of nitrogens with one attached hydrogen (secondary N) is 1. The number of hydrogen-bond donors (Lipinski definition) is 2. The quantitative estimate of drug-likeness (QED) is 0.803. The van der Waals surface area contributed by atoms with Gasteiger partial charge in [-0.25, -0.2) is 13.1 Å². The van der Waals surface area contributed by atoms with Gasteiger partial charge in [-0.05, 0) is 30.0 Å². The fourth-order valence-corrected chi connectivity index (χ4v) is 3.49. The van der Waals surface area contributed by atoms with Crippen LogP contribution >= 0.6 is 0 Å². The topological polar surface area (TPSA) is 75.6 Å². The largest absolute Gasteiger partial charge is 0.495 e. The fraction of sp³-hybridized carbons (Fsp3) is 0.571. The van der Waals surface area contributed by atoms with E-state index in [0.29, 0.717) is 18.0 Å². The molecule has 6 heteroatoms. The van der Waals surface area contributed by atoms with Gasteiger partial charge in [-0.3, -0.25) is 0 Å². The predicted molar refractivity (Wildman–Crippen MR) is 76.1 cm³/mol. The van der Waals surface area contributed by atoms with Crippen LogP contribution in [0.3, 0.4) is 0 Å². The Hall–Kier alpha value is -1.11. The molecule has 0 amide bonds. The molecule has 5 nitrogen and oxygen atoms in total. The van der Waals surface area contributed by atoms with Gasteiger partial charge >= 0.3 is 0 Å². The number of aliphatic hydroxyl groups excluding tert-OH is 1. The molecule has 0 atom stereocenters. The van der Waals surface area contributed by atoms with E-state index in [1.165, 1.54) is 32.4 Å². The van der Waals surface area contributed by atoms with Gasteiger partial charge in [0.1, 0.15) is 10.6 Å². The zero-order valence-corrected chi connectivity index (χ0v) is 12.4. The summed E-state index contributed by atoms with van der Waals surface area (Å²) in [6.45, 7) is 0.309. The number of benzene rings is 1. The first-order chi connectivity index (χ1) is 9.56. The molecule has 112 valence electrons. The van der Waals surface area contributed by atoms with Crippen molar-refractivity contribution in [3.05, 3.63) is 23.8 Å². The lowest BCUT2D eigenvalue weighted by Gasteiger charge is -2.25. The highest BCUT2D eigenvalue weighted by Crippen LogP contribution is 2.29. The van der Waals surface area contributed by atoms with Crippen LogP contribution in [0.25, 0.3) is 0 Å². The number of methoxy groups -OCH3 is 1. The van der Waals surface area contributed by atoms with Crippen molar-refractivity contribution in [1.82, 2.24) is 4.72 Å².